The van der Waals surface area contributed by atoms with Gasteiger partial charge >= 0.3 is 0 Å². The minimum Gasteiger partial charge on any atom is -0.397 e. The maximum Gasteiger partial charge on any atom is 0.0694 e. The molecule has 0 amide bonds. The van der Waals surface area contributed by atoms with Crippen molar-refractivity contribution in [3.63, 3.8) is 0 Å². The SMILES string of the molecule is Nc1cccnc1C12CC3CC(CC(C3)C1)C2. The van der Waals surface area contributed by atoms with Crippen LogP contribution in [-0.4, -0.2) is 4.98 Å². The first-order valence-corrected chi connectivity index (χ1v) is 6.96. The number of anilines is 1. The third kappa shape index (κ3) is 1.36. The fourth-order valence-corrected chi connectivity index (χ4v) is 5.26. The Hall–Kier alpha value is -1.05. The first kappa shape index (κ1) is 9.93. The maximum atomic E-state index is 6.18. The van der Waals surface area contributed by atoms with Crippen molar-refractivity contribution in [1.82, 2.24) is 4.98 Å². The quantitative estimate of drug-likeness (QED) is 0.802. The van der Waals surface area contributed by atoms with Crippen molar-refractivity contribution < 1.29 is 0 Å². The van der Waals surface area contributed by atoms with Crippen LogP contribution >= 0.6 is 0 Å². The lowest BCUT2D eigenvalue weighted by molar-refractivity contribution is -0.00681. The molecule has 90 valence electrons. The van der Waals surface area contributed by atoms with Crippen LogP contribution in [0.5, 0.6) is 0 Å². The molecule has 0 saturated heterocycles. The van der Waals surface area contributed by atoms with Crippen molar-refractivity contribution in [1.29, 1.82) is 0 Å². The van der Waals surface area contributed by atoms with E-state index in [0.717, 1.165) is 23.4 Å². The van der Waals surface area contributed by atoms with E-state index in [1.165, 1.54) is 44.2 Å². The molecule has 4 fully saturated rings. The molecule has 0 unspecified atom stereocenters. The van der Waals surface area contributed by atoms with Crippen LogP contribution in [0.3, 0.4) is 0 Å². The Morgan fingerprint density at radius 1 is 1.06 bits per heavy atom. The van der Waals surface area contributed by atoms with Crippen molar-refractivity contribution in [3.05, 3.63) is 24.0 Å². The molecule has 0 aromatic carbocycles. The first-order valence-electron chi connectivity index (χ1n) is 6.96. The summed E-state index contributed by atoms with van der Waals surface area (Å²) in [6.07, 6.45) is 10.4. The second kappa shape index (κ2) is 3.24. The Morgan fingerprint density at radius 2 is 1.65 bits per heavy atom. The lowest BCUT2D eigenvalue weighted by Gasteiger charge is -2.56. The molecule has 2 N–H and O–H groups in total. The number of nitrogen functional groups attached to an aromatic ring is 1. The van der Waals surface area contributed by atoms with Crippen molar-refractivity contribution in [2.75, 3.05) is 5.73 Å². The van der Waals surface area contributed by atoms with Crippen LogP contribution in [0.2, 0.25) is 0 Å². The van der Waals surface area contributed by atoms with E-state index in [0.29, 0.717) is 5.41 Å². The molecule has 17 heavy (non-hydrogen) atoms. The molecule has 0 radical (unpaired) electrons. The van der Waals surface area contributed by atoms with Gasteiger partial charge in [0.2, 0.25) is 0 Å². The van der Waals surface area contributed by atoms with Gasteiger partial charge in [0, 0.05) is 11.6 Å². The molecule has 2 heteroatoms. The Balaban J connectivity index is 1.80. The van der Waals surface area contributed by atoms with Gasteiger partial charge in [-0.1, -0.05) is 0 Å². The Bertz CT molecular complexity index is 417. The summed E-state index contributed by atoms with van der Waals surface area (Å²) in [4.78, 5) is 4.64. The third-order valence-corrected chi connectivity index (χ3v) is 5.38. The molecule has 1 aromatic rings. The number of rotatable bonds is 1. The van der Waals surface area contributed by atoms with Gasteiger partial charge in [-0.2, -0.15) is 0 Å². The minimum atomic E-state index is 0.347. The first-order chi connectivity index (χ1) is 8.25. The predicted octanol–water partition coefficient (Wildman–Crippen LogP) is 3.13. The molecular weight excluding hydrogens is 208 g/mol. The zero-order chi connectivity index (χ0) is 11.5. The molecule has 1 heterocycles. The highest BCUT2D eigenvalue weighted by Gasteiger charge is 2.52. The topological polar surface area (TPSA) is 38.9 Å². The average Bonchev–Trinajstić information content (AvgIpc) is 2.27. The van der Waals surface area contributed by atoms with E-state index in [2.05, 4.69) is 4.98 Å². The second-order valence-corrected chi connectivity index (χ2v) is 6.64. The smallest absolute Gasteiger partial charge is 0.0694 e. The molecule has 0 atom stereocenters. The monoisotopic (exact) mass is 228 g/mol. The molecule has 4 bridgehead atoms. The lowest BCUT2D eigenvalue weighted by atomic mass is 9.48. The molecule has 1 aromatic heterocycles. The van der Waals surface area contributed by atoms with Crippen LogP contribution in [-0.2, 0) is 5.41 Å². The predicted molar refractivity (Wildman–Crippen MR) is 68.5 cm³/mol. The number of aromatic nitrogens is 1. The van der Waals surface area contributed by atoms with E-state index < -0.39 is 0 Å². The molecule has 0 spiro atoms. The largest absolute Gasteiger partial charge is 0.397 e. The van der Waals surface area contributed by atoms with E-state index in [4.69, 9.17) is 5.73 Å². The summed E-state index contributed by atoms with van der Waals surface area (Å²) in [7, 11) is 0. The van der Waals surface area contributed by atoms with Crippen LogP contribution < -0.4 is 5.73 Å². The van der Waals surface area contributed by atoms with E-state index in [1.54, 1.807) is 0 Å². The summed E-state index contributed by atoms with van der Waals surface area (Å²) < 4.78 is 0. The lowest BCUT2D eigenvalue weighted by Crippen LogP contribution is -2.49. The van der Waals surface area contributed by atoms with Gasteiger partial charge in [-0.3, -0.25) is 4.98 Å². The van der Waals surface area contributed by atoms with Crippen LogP contribution in [0.4, 0.5) is 5.69 Å². The van der Waals surface area contributed by atoms with Crippen molar-refractivity contribution >= 4 is 5.69 Å². The second-order valence-electron chi connectivity index (χ2n) is 6.64. The maximum absolute atomic E-state index is 6.18. The molecule has 4 aliphatic rings. The molecule has 4 aliphatic carbocycles. The average molecular weight is 228 g/mol. The van der Waals surface area contributed by atoms with Gasteiger partial charge in [0.1, 0.15) is 0 Å². The van der Waals surface area contributed by atoms with Crippen LogP contribution in [0.1, 0.15) is 44.2 Å². The third-order valence-electron chi connectivity index (χ3n) is 5.38. The molecule has 2 nitrogen and oxygen atoms in total. The van der Waals surface area contributed by atoms with E-state index in [-0.39, 0.29) is 0 Å². The van der Waals surface area contributed by atoms with Gasteiger partial charge in [-0.25, -0.2) is 0 Å². The summed E-state index contributed by atoms with van der Waals surface area (Å²) in [6.45, 7) is 0. The zero-order valence-electron chi connectivity index (χ0n) is 10.2. The summed E-state index contributed by atoms with van der Waals surface area (Å²) in [5.74, 6) is 2.88. The van der Waals surface area contributed by atoms with Gasteiger partial charge < -0.3 is 5.73 Å². The standard InChI is InChI=1S/C15H20N2/c16-13-2-1-3-17-14(13)15-7-10-4-11(8-15)6-12(5-10)9-15/h1-3,10-12H,4-9,16H2. The Kier molecular flexibility index (Phi) is 1.89. The summed E-state index contributed by atoms with van der Waals surface area (Å²) in [5.41, 5.74) is 8.67. The van der Waals surface area contributed by atoms with E-state index >= 15 is 0 Å². The van der Waals surface area contributed by atoms with Gasteiger partial charge in [0.05, 0.1) is 11.4 Å². The zero-order valence-corrected chi connectivity index (χ0v) is 10.2. The van der Waals surface area contributed by atoms with Gasteiger partial charge in [0.25, 0.3) is 0 Å². The molecule has 4 saturated carbocycles. The number of nitrogens with two attached hydrogens (primary N) is 1. The number of hydrogen-bond donors (Lipinski definition) is 1. The van der Waals surface area contributed by atoms with Crippen LogP contribution in [0.15, 0.2) is 18.3 Å². The summed E-state index contributed by atoms with van der Waals surface area (Å²) in [5, 5.41) is 0. The minimum absolute atomic E-state index is 0.347. The molecular formula is C15H20N2. The highest BCUT2D eigenvalue weighted by Crippen LogP contribution is 2.60. The fourth-order valence-electron chi connectivity index (χ4n) is 5.26. The van der Waals surface area contributed by atoms with Gasteiger partial charge in [-0.05, 0) is 68.4 Å². The highest BCUT2D eigenvalue weighted by molar-refractivity contribution is 5.47. The van der Waals surface area contributed by atoms with Gasteiger partial charge in [-0.15, -0.1) is 0 Å². The Morgan fingerprint density at radius 3 is 2.18 bits per heavy atom. The Labute approximate surface area is 103 Å². The normalized spacial score (nSPS) is 42.9. The number of nitrogens with zero attached hydrogens (tertiary/aromatic N) is 1. The van der Waals surface area contributed by atoms with E-state index in [9.17, 15) is 0 Å². The van der Waals surface area contributed by atoms with Crippen LogP contribution in [0.25, 0.3) is 0 Å². The number of pyridine rings is 1. The number of hydrogen-bond acceptors (Lipinski definition) is 2. The summed E-state index contributed by atoms with van der Waals surface area (Å²) in [6, 6.07) is 3.99. The van der Waals surface area contributed by atoms with Gasteiger partial charge in [0.15, 0.2) is 0 Å². The van der Waals surface area contributed by atoms with Crippen molar-refractivity contribution in [3.8, 4) is 0 Å². The highest BCUT2D eigenvalue weighted by atomic mass is 14.8. The van der Waals surface area contributed by atoms with Crippen LogP contribution in [0, 0.1) is 17.8 Å². The van der Waals surface area contributed by atoms with Crippen molar-refractivity contribution in [2.24, 2.45) is 17.8 Å². The molecule has 5 rings (SSSR count). The van der Waals surface area contributed by atoms with Crippen molar-refractivity contribution in [2.45, 2.75) is 43.9 Å². The molecule has 0 aliphatic heterocycles. The fraction of sp³-hybridized carbons (Fsp3) is 0.667. The summed E-state index contributed by atoms with van der Waals surface area (Å²) >= 11 is 0. The van der Waals surface area contributed by atoms with E-state index in [1.807, 2.05) is 18.3 Å².